The van der Waals surface area contributed by atoms with Gasteiger partial charge < -0.3 is 0 Å². The zero-order valence-corrected chi connectivity index (χ0v) is 11.1. The van der Waals surface area contributed by atoms with E-state index in [2.05, 4.69) is 0 Å². The van der Waals surface area contributed by atoms with Crippen LogP contribution in [0.2, 0.25) is 0 Å². The number of rotatable bonds is 3. The molecule has 1 unspecified atom stereocenters. The van der Waals surface area contributed by atoms with E-state index < -0.39 is 10.2 Å². The summed E-state index contributed by atoms with van der Waals surface area (Å²) in [5.74, 6) is -0.00699. The van der Waals surface area contributed by atoms with E-state index in [4.69, 9.17) is 0 Å². The van der Waals surface area contributed by atoms with Gasteiger partial charge >= 0.3 is 0 Å². The van der Waals surface area contributed by atoms with Crippen molar-refractivity contribution in [2.24, 2.45) is 5.92 Å². The number of piperidine rings is 1. The summed E-state index contributed by atoms with van der Waals surface area (Å²) >= 11 is 0. The van der Waals surface area contributed by atoms with Crippen molar-refractivity contribution < 1.29 is 13.2 Å². The van der Waals surface area contributed by atoms with Crippen molar-refractivity contribution in [3.05, 3.63) is 0 Å². The van der Waals surface area contributed by atoms with Gasteiger partial charge in [-0.2, -0.15) is 17.0 Å². The second kappa shape index (κ2) is 5.04. The Bertz CT molecular complexity index is 388. The third-order valence-corrected chi connectivity index (χ3v) is 5.68. The van der Waals surface area contributed by atoms with Crippen LogP contribution in [0.1, 0.15) is 32.6 Å². The van der Waals surface area contributed by atoms with Crippen molar-refractivity contribution in [3.63, 3.8) is 0 Å². The molecule has 0 aliphatic carbocycles. The van der Waals surface area contributed by atoms with Gasteiger partial charge in [-0.15, -0.1) is 0 Å². The van der Waals surface area contributed by atoms with E-state index in [1.165, 1.54) is 4.31 Å². The molecule has 0 N–H and O–H groups in total. The van der Waals surface area contributed by atoms with Crippen LogP contribution in [0.3, 0.4) is 0 Å². The summed E-state index contributed by atoms with van der Waals surface area (Å²) < 4.78 is 27.6. The van der Waals surface area contributed by atoms with E-state index >= 15 is 0 Å². The average molecular weight is 260 g/mol. The van der Waals surface area contributed by atoms with E-state index in [0.29, 0.717) is 26.2 Å². The van der Waals surface area contributed by atoms with Crippen LogP contribution in [-0.2, 0) is 15.0 Å². The first-order chi connectivity index (χ1) is 8.01. The van der Waals surface area contributed by atoms with E-state index in [1.807, 2.05) is 0 Å². The summed E-state index contributed by atoms with van der Waals surface area (Å²) in [5, 5.41) is 0. The summed E-state index contributed by atoms with van der Waals surface area (Å²) in [6.45, 7) is 3.74. The minimum Gasteiger partial charge on any atom is -0.300 e. The fraction of sp³-hybridized carbons (Fsp3) is 0.909. The first-order valence-electron chi connectivity index (χ1n) is 6.27. The molecule has 0 amide bonds. The predicted octanol–water partition coefficient (Wildman–Crippen LogP) is 0.628. The Labute approximate surface area is 103 Å². The normalized spacial score (nSPS) is 28.4. The van der Waals surface area contributed by atoms with Gasteiger partial charge in [0.1, 0.15) is 5.78 Å². The number of hydrogen-bond acceptors (Lipinski definition) is 3. The highest BCUT2D eigenvalue weighted by Crippen LogP contribution is 2.23. The van der Waals surface area contributed by atoms with Crippen LogP contribution in [0.4, 0.5) is 0 Å². The number of carbonyl (C=O) groups is 1. The summed E-state index contributed by atoms with van der Waals surface area (Å²) in [6.07, 6.45) is 3.51. The molecule has 6 heteroatoms. The third-order valence-electron chi connectivity index (χ3n) is 3.68. The molecule has 0 aromatic carbocycles. The molecule has 5 nitrogen and oxygen atoms in total. The van der Waals surface area contributed by atoms with Gasteiger partial charge in [-0.05, 0) is 32.6 Å². The summed E-state index contributed by atoms with van der Waals surface area (Å²) in [5.41, 5.74) is 0. The van der Waals surface area contributed by atoms with Crippen LogP contribution in [0.15, 0.2) is 0 Å². The lowest BCUT2D eigenvalue weighted by atomic mass is 9.96. The maximum Gasteiger partial charge on any atom is 0.281 e. The van der Waals surface area contributed by atoms with Crippen LogP contribution in [0.25, 0.3) is 0 Å². The fourth-order valence-electron chi connectivity index (χ4n) is 2.57. The molecule has 0 aromatic heterocycles. The van der Waals surface area contributed by atoms with Crippen LogP contribution in [-0.4, -0.2) is 49.0 Å². The first kappa shape index (κ1) is 13.0. The molecule has 0 aromatic rings. The van der Waals surface area contributed by atoms with Crippen molar-refractivity contribution in [2.45, 2.75) is 32.6 Å². The number of nitrogens with zero attached hydrogens (tertiary/aromatic N) is 2. The predicted molar refractivity (Wildman–Crippen MR) is 64.7 cm³/mol. The van der Waals surface area contributed by atoms with Gasteiger partial charge in [-0.1, -0.05) is 0 Å². The quantitative estimate of drug-likeness (QED) is 0.748. The highest BCUT2D eigenvalue weighted by atomic mass is 32.2. The van der Waals surface area contributed by atoms with Gasteiger partial charge in [0.25, 0.3) is 10.2 Å². The number of hydrogen-bond donors (Lipinski definition) is 0. The minimum atomic E-state index is -3.31. The maximum absolute atomic E-state index is 12.3. The molecule has 0 saturated carbocycles. The Kier molecular flexibility index (Phi) is 3.85. The molecule has 0 radical (unpaired) electrons. The number of ketones is 1. The third kappa shape index (κ3) is 2.69. The largest absolute Gasteiger partial charge is 0.300 e. The van der Waals surface area contributed by atoms with Gasteiger partial charge in [-0.25, -0.2) is 0 Å². The van der Waals surface area contributed by atoms with Crippen molar-refractivity contribution in [1.29, 1.82) is 0 Å². The molecule has 2 rings (SSSR count). The Hall–Kier alpha value is -0.460. The Morgan fingerprint density at radius 2 is 1.65 bits per heavy atom. The molecule has 2 fully saturated rings. The second-order valence-electron chi connectivity index (χ2n) is 4.92. The van der Waals surface area contributed by atoms with Gasteiger partial charge in [0.2, 0.25) is 0 Å². The van der Waals surface area contributed by atoms with Crippen LogP contribution >= 0.6 is 0 Å². The molecular weight excluding hydrogens is 240 g/mol. The molecule has 98 valence electrons. The lowest BCUT2D eigenvalue weighted by molar-refractivity contribution is -0.121. The molecular formula is C11H20N2O3S. The van der Waals surface area contributed by atoms with Crippen LogP contribution in [0.5, 0.6) is 0 Å². The summed E-state index contributed by atoms with van der Waals surface area (Å²) in [7, 11) is -3.31. The van der Waals surface area contributed by atoms with Crippen LogP contribution < -0.4 is 0 Å². The molecule has 2 aliphatic heterocycles. The SMILES string of the molecule is CC(=O)C1CCCN(S(=O)(=O)N2CCCC2)C1. The molecule has 1 atom stereocenters. The Balaban J connectivity index is 2.08. The monoisotopic (exact) mass is 260 g/mol. The van der Waals surface area contributed by atoms with Crippen LogP contribution in [0, 0.1) is 5.92 Å². The number of carbonyl (C=O) groups excluding carboxylic acids is 1. The zero-order chi connectivity index (χ0) is 12.5. The highest BCUT2D eigenvalue weighted by molar-refractivity contribution is 7.86. The second-order valence-corrected chi connectivity index (χ2v) is 6.85. The van der Waals surface area contributed by atoms with Gasteiger partial charge in [0.15, 0.2) is 0 Å². The van der Waals surface area contributed by atoms with Gasteiger partial charge in [0.05, 0.1) is 0 Å². The van der Waals surface area contributed by atoms with Crippen molar-refractivity contribution in [2.75, 3.05) is 26.2 Å². The molecule has 17 heavy (non-hydrogen) atoms. The molecule has 0 bridgehead atoms. The fourth-order valence-corrected chi connectivity index (χ4v) is 4.34. The van der Waals surface area contributed by atoms with Gasteiger partial charge in [-0.3, -0.25) is 4.79 Å². The Morgan fingerprint density at radius 3 is 2.24 bits per heavy atom. The molecule has 2 saturated heterocycles. The first-order valence-corrected chi connectivity index (χ1v) is 7.67. The number of Topliss-reactive ketones (excluding diaryl/α,β-unsaturated/α-hetero) is 1. The van der Waals surface area contributed by atoms with Gasteiger partial charge in [0, 0.05) is 32.1 Å². The van der Waals surface area contributed by atoms with E-state index in [-0.39, 0.29) is 11.7 Å². The molecule has 2 heterocycles. The smallest absolute Gasteiger partial charge is 0.281 e. The molecule has 0 spiro atoms. The van der Waals surface area contributed by atoms with E-state index in [0.717, 1.165) is 25.7 Å². The lowest BCUT2D eigenvalue weighted by Gasteiger charge is -2.33. The minimum absolute atomic E-state index is 0.103. The zero-order valence-electron chi connectivity index (χ0n) is 10.3. The average Bonchev–Trinajstić information content (AvgIpc) is 2.83. The topological polar surface area (TPSA) is 57.7 Å². The van der Waals surface area contributed by atoms with Crippen molar-refractivity contribution >= 4 is 16.0 Å². The van der Waals surface area contributed by atoms with E-state index in [9.17, 15) is 13.2 Å². The van der Waals surface area contributed by atoms with Crippen molar-refractivity contribution in [1.82, 2.24) is 8.61 Å². The highest BCUT2D eigenvalue weighted by Gasteiger charge is 2.35. The maximum atomic E-state index is 12.3. The van der Waals surface area contributed by atoms with E-state index in [1.54, 1.807) is 11.2 Å². The summed E-state index contributed by atoms with van der Waals surface area (Å²) in [4.78, 5) is 11.4. The van der Waals surface area contributed by atoms with Crippen molar-refractivity contribution in [3.8, 4) is 0 Å². The molecule has 2 aliphatic rings. The standard InChI is InChI=1S/C11H20N2O3S/c1-10(14)11-5-4-8-13(9-11)17(15,16)12-6-2-3-7-12/h11H,2-9H2,1H3. The summed E-state index contributed by atoms with van der Waals surface area (Å²) in [6, 6.07) is 0. The Morgan fingerprint density at radius 1 is 1.06 bits per heavy atom. The lowest BCUT2D eigenvalue weighted by Crippen LogP contribution is -2.48.